The second-order valence-corrected chi connectivity index (χ2v) is 5.20. The summed E-state index contributed by atoms with van der Waals surface area (Å²) >= 11 is 1.36. The lowest BCUT2D eigenvalue weighted by molar-refractivity contribution is 0.482. The highest BCUT2D eigenvalue weighted by atomic mass is 32.1. The average Bonchev–Trinajstić information content (AvgIpc) is 2.70. The molecule has 0 aliphatic rings. The van der Waals surface area contributed by atoms with Gasteiger partial charge in [-0.15, -0.1) is 11.3 Å². The zero-order valence-electron chi connectivity index (χ0n) is 9.86. The summed E-state index contributed by atoms with van der Waals surface area (Å²) in [7, 11) is 0. The lowest BCUT2D eigenvalue weighted by atomic mass is 10.2. The molecule has 0 fully saturated rings. The van der Waals surface area contributed by atoms with E-state index in [0.717, 1.165) is 22.9 Å². The number of aromatic amines is 1. The van der Waals surface area contributed by atoms with Crippen molar-refractivity contribution < 1.29 is 5.11 Å². The van der Waals surface area contributed by atoms with E-state index in [2.05, 4.69) is 9.97 Å². The Morgan fingerprint density at radius 2 is 2.28 bits per heavy atom. The molecule has 0 radical (unpaired) electrons. The Morgan fingerprint density at radius 3 is 3.06 bits per heavy atom. The molecule has 1 aromatic carbocycles. The van der Waals surface area contributed by atoms with Gasteiger partial charge in [-0.05, 0) is 12.5 Å². The van der Waals surface area contributed by atoms with Gasteiger partial charge >= 0.3 is 0 Å². The van der Waals surface area contributed by atoms with E-state index in [4.69, 9.17) is 0 Å². The summed E-state index contributed by atoms with van der Waals surface area (Å²) < 4.78 is 0.721. The van der Waals surface area contributed by atoms with Crippen molar-refractivity contribution in [2.75, 3.05) is 0 Å². The van der Waals surface area contributed by atoms with E-state index in [1.807, 2.05) is 13.0 Å². The van der Waals surface area contributed by atoms with E-state index in [-0.39, 0.29) is 11.3 Å². The van der Waals surface area contributed by atoms with E-state index in [9.17, 15) is 9.90 Å². The first-order valence-corrected chi connectivity index (χ1v) is 6.65. The van der Waals surface area contributed by atoms with Crippen molar-refractivity contribution in [1.29, 1.82) is 0 Å². The van der Waals surface area contributed by atoms with Crippen molar-refractivity contribution in [3.8, 4) is 5.75 Å². The summed E-state index contributed by atoms with van der Waals surface area (Å²) in [5, 5.41) is 11.2. The third-order valence-corrected chi connectivity index (χ3v) is 4.01. The zero-order chi connectivity index (χ0) is 12.7. The molecule has 0 amide bonds. The SMILES string of the molecule is CCCc1nc2sc3c(O)cccc3c2c(=O)[nH]1. The monoisotopic (exact) mass is 260 g/mol. The van der Waals surface area contributed by atoms with E-state index in [1.54, 1.807) is 12.1 Å². The summed E-state index contributed by atoms with van der Waals surface area (Å²) in [6.45, 7) is 2.04. The normalized spacial score (nSPS) is 11.4. The lowest BCUT2D eigenvalue weighted by Crippen LogP contribution is -2.10. The highest BCUT2D eigenvalue weighted by molar-refractivity contribution is 7.25. The highest BCUT2D eigenvalue weighted by Gasteiger charge is 2.13. The highest BCUT2D eigenvalue weighted by Crippen LogP contribution is 2.35. The molecule has 0 saturated heterocycles. The average molecular weight is 260 g/mol. The molecular weight excluding hydrogens is 248 g/mol. The number of hydrogen-bond acceptors (Lipinski definition) is 4. The van der Waals surface area contributed by atoms with Gasteiger partial charge < -0.3 is 10.1 Å². The Kier molecular flexibility index (Phi) is 2.56. The van der Waals surface area contributed by atoms with E-state index in [0.29, 0.717) is 16.0 Å². The molecule has 0 atom stereocenters. The van der Waals surface area contributed by atoms with Gasteiger partial charge in [-0.25, -0.2) is 4.98 Å². The van der Waals surface area contributed by atoms with Crippen molar-refractivity contribution in [3.05, 3.63) is 34.4 Å². The summed E-state index contributed by atoms with van der Waals surface area (Å²) in [5.74, 6) is 0.910. The van der Waals surface area contributed by atoms with Crippen LogP contribution in [0.25, 0.3) is 20.3 Å². The second-order valence-electron chi connectivity index (χ2n) is 4.20. The number of phenols is 1. The third kappa shape index (κ3) is 1.59. The molecule has 3 rings (SSSR count). The van der Waals surface area contributed by atoms with Crippen LogP contribution in [0.1, 0.15) is 19.2 Å². The molecular formula is C13H12N2O2S. The maximum absolute atomic E-state index is 12.1. The number of phenolic OH excluding ortho intramolecular Hbond substituents is 1. The maximum atomic E-state index is 12.1. The summed E-state index contributed by atoms with van der Waals surface area (Å²) in [6, 6.07) is 5.20. The molecule has 0 bridgehead atoms. The topological polar surface area (TPSA) is 66.0 Å². The second kappa shape index (κ2) is 4.10. The molecule has 2 N–H and O–H groups in total. The van der Waals surface area contributed by atoms with Crippen molar-refractivity contribution in [2.24, 2.45) is 0 Å². The van der Waals surface area contributed by atoms with Crippen LogP contribution in [-0.2, 0) is 6.42 Å². The van der Waals surface area contributed by atoms with Crippen LogP contribution >= 0.6 is 11.3 Å². The van der Waals surface area contributed by atoms with E-state index in [1.165, 1.54) is 11.3 Å². The Morgan fingerprint density at radius 1 is 1.44 bits per heavy atom. The standard InChI is InChI=1S/C13H12N2O2S/c1-2-4-9-14-12(17)10-7-5-3-6-8(16)11(7)18-13(10)15-9/h3,5-6,16H,2,4H2,1H3,(H,14,15,17). The molecule has 0 unspecified atom stereocenters. The predicted octanol–water partition coefficient (Wildman–Crippen LogP) is 2.80. The smallest absolute Gasteiger partial charge is 0.260 e. The number of hydrogen-bond donors (Lipinski definition) is 2. The molecule has 0 aliphatic heterocycles. The lowest BCUT2D eigenvalue weighted by Gasteiger charge is -1.97. The minimum Gasteiger partial charge on any atom is -0.506 e. The molecule has 2 heterocycles. The van der Waals surface area contributed by atoms with Crippen LogP contribution in [0.3, 0.4) is 0 Å². The molecule has 92 valence electrons. The minimum absolute atomic E-state index is 0.125. The van der Waals surface area contributed by atoms with Gasteiger partial charge in [0, 0.05) is 11.8 Å². The van der Waals surface area contributed by atoms with Crippen molar-refractivity contribution in [1.82, 2.24) is 9.97 Å². The minimum atomic E-state index is -0.125. The van der Waals surface area contributed by atoms with E-state index < -0.39 is 0 Å². The van der Waals surface area contributed by atoms with E-state index >= 15 is 0 Å². The van der Waals surface area contributed by atoms with Crippen molar-refractivity contribution in [3.63, 3.8) is 0 Å². The number of aryl methyl sites for hydroxylation is 1. The van der Waals surface area contributed by atoms with Crippen LogP contribution in [0, 0.1) is 0 Å². The van der Waals surface area contributed by atoms with Crippen molar-refractivity contribution in [2.45, 2.75) is 19.8 Å². The summed E-state index contributed by atoms with van der Waals surface area (Å²) in [4.78, 5) is 20.0. The van der Waals surface area contributed by atoms with Gasteiger partial charge in [-0.3, -0.25) is 4.79 Å². The summed E-state index contributed by atoms with van der Waals surface area (Å²) in [6.07, 6.45) is 1.69. The molecule has 5 heteroatoms. The number of aromatic nitrogens is 2. The number of fused-ring (bicyclic) bond motifs is 3. The van der Waals surface area contributed by atoms with Gasteiger partial charge in [0.15, 0.2) is 0 Å². The van der Waals surface area contributed by atoms with Crippen LogP contribution in [0.4, 0.5) is 0 Å². The van der Waals surface area contributed by atoms with Crippen LogP contribution in [0.15, 0.2) is 23.0 Å². The number of rotatable bonds is 2. The fraction of sp³-hybridized carbons (Fsp3) is 0.231. The molecule has 4 nitrogen and oxygen atoms in total. The number of nitrogens with zero attached hydrogens (tertiary/aromatic N) is 1. The fourth-order valence-corrected chi connectivity index (χ4v) is 3.20. The van der Waals surface area contributed by atoms with Crippen LogP contribution in [0.2, 0.25) is 0 Å². The number of H-pyrrole nitrogens is 1. The van der Waals surface area contributed by atoms with Gasteiger partial charge in [0.05, 0.1) is 10.1 Å². The number of nitrogens with one attached hydrogen (secondary N) is 1. The predicted molar refractivity (Wildman–Crippen MR) is 73.4 cm³/mol. The van der Waals surface area contributed by atoms with Gasteiger partial charge in [0.25, 0.3) is 5.56 Å². The molecule has 18 heavy (non-hydrogen) atoms. The van der Waals surface area contributed by atoms with Crippen LogP contribution in [-0.4, -0.2) is 15.1 Å². The first-order chi connectivity index (χ1) is 8.70. The summed E-state index contributed by atoms with van der Waals surface area (Å²) in [5.41, 5.74) is -0.125. The molecule has 0 saturated carbocycles. The fourth-order valence-electron chi connectivity index (χ4n) is 2.09. The van der Waals surface area contributed by atoms with Crippen LogP contribution < -0.4 is 5.56 Å². The number of aromatic hydroxyl groups is 1. The molecule has 0 spiro atoms. The number of benzene rings is 1. The zero-order valence-corrected chi connectivity index (χ0v) is 10.7. The largest absolute Gasteiger partial charge is 0.506 e. The van der Waals surface area contributed by atoms with Crippen LogP contribution in [0.5, 0.6) is 5.75 Å². The Hall–Kier alpha value is -1.88. The first kappa shape index (κ1) is 11.2. The van der Waals surface area contributed by atoms with Gasteiger partial charge in [-0.2, -0.15) is 0 Å². The third-order valence-electron chi connectivity index (χ3n) is 2.88. The molecule has 2 aromatic heterocycles. The Labute approximate surface area is 107 Å². The molecule has 0 aliphatic carbocycles. The maximum Gasteiger partial charge on any atom is 0.260 e. The molecule has 3 aromatic rings. The Balaban J connectivity index is 2.43. The van der Waals surface area contributed by atoms with Gasteiger partial charge in [0.2, 0.25) is 0 Å². The van der Waals surface area contributed by atoms with Crippen molar-refractivity contribution >= 4 is 31.6 Å². The Bertz CT molecular complexity index is 789. The van der Waals surface area contributed by atoms with Gasteiger partial charge in [-0.1, -0.05) is 19.1 Å². The first-order valence-electron chi connectivity index (χ1n) is 5.84. The van der Waals surface area contributed by atoms with Gasteiger partial charge in [0.1, 0.15) is 16.4 Å². The quantitative estimate of drug-likeness (QED) is 0.744. The number of thiophene rings is 1.